The highest BCUT2D eigenvalue weighted by atomic mass is 127. The second-order valence-electron chi connectivity index (χ2n) is 6.80. The van der Waals surface area contributed by atoms with Gasteiger partial charge in [0.05, 0.1) is 0 Å². The van der Waals surface area contributed by atoms with Crippen molar-refractivity contribution in [3.8, 4) is 5.75 Å². The van der Waals surface area contributed by atoms with Crippen LogP contribution in [0.1, 0.15) is 58.4 Å². The summed E-state index contributed by atoms with van der Waals surface area (Å²) in [7, 11) is 0. The molecular weight excluding hydrogens is 467 g/mol. The van der Waals surface area contributed by atoms with Crippen LogP contribution in [0.25, 0.3) is 0 Å². The lowest BCUT2D eigenvalue weighted by Gasteiger charge is -2.17. The van der Waals surface area contributed by atoms with Crippen molar-refractivity contribution in [2.75, 3.05) is 19.7 Å². The molecule has 160 valence electrons. The molecule has 0 radical (unpaired) electrons. The van der Waals surface area contributed by atoms with Gasteiger partial charge in [-0.05, 0) is 44.4 Å². The highest BCUT2D eigenvalue weighted by Crippen LogP contribution is 2.12. The number of hydrogen-bond acceptors (Lipinski definition) is 3. The molecule has 0 saturated carbocycles. The summed E-state index contributed by atoms with van der Waals surface area (Å²) in [6.07, 6.45) is 7.15. The van der Waals surface area contributed by atoms with Crippen molar-refractivity contribution >= 4 is 35.8 Å². The first-order valence-corrected chi connectivity index (χ1v) is 10.1. The summed E-state index contributed by atoms with van der Waals surface area (Å²) in [5.41, 5.74) is 6.25. The summed E-state index contributed by atoms with van der Waals surface area (Å²) in [5.74, 6) is 1.05. The maximum absolute atomic E-state index is 10.7. The lowest BCUT2D eigenvalue weighted by atomic mass is 10.1. The first-order valence-electron chi connectivity index (χ1n) is 10.1. The van der Waals surface area contributed by atoms with Gasteiger partial charge < -0.3 is 21.1 Å². The lowest BCUT2D eigenvalue weighted by molar-refractivity contribution is -0.119. The zero-order valence-corrected chi connectivity index (χ0v) is 19.8. The number of primary amides is 1. The molecule has 0 fully saturated rings. The van der Waals surface area contributed by atoms with Crippen molar-refractivity contribution in [1.82, 2.24) is 10.6 Å². The van der Waals surface area contributed by atoms with Gasteiger partial charge in [-0.1, -0.05) is 44.7 Å². The number of unbranched alkanes of at least 4 members (excludes halogenated alkanes) is 3. The minimum Gasteiger partial charge on any atom is -0.484 e. The molecule has 4 N–H and O–H groups in total. The van der Waals surface area contributed by atoms with E-state index in [4.69, 9.17) is 10.5 Å². The number of hydrogen-bond donors (Lipinski definition) is 3. The predicted molar refractivity (Wildman–Crippen MR) is 128 cm³/mol. The third-order valence-corrected chi connectivity index (χ3v) is 4.19. The van der Waals surface area contributed by atoms with Gasteiger partial charge in [0.25, 0.3) is 5.91 Å². The van der Waals surface area contributed by atoms with E-state index in [2.05, 4.69) is 36.4 Å². The average molecular weight is 504 g/mol. The molecule has 1 aromatic carbocycles. The number of halogens is 1. The summed E-state index contributed by atoms with van der Waals surface area (Å²) in [6.45, 7) is 7.98. The SMILES string of the molecule is CCCCCCC(C)NC(=NCCc1ccc(OCC(N)=O)cc1)NCC.I. The Labute approximate surface area is 187 Å². The number of ether oxygens (including phenoxy) is 1. The molecule has 1 rings (SSSR count). The van der Waals surface area contributed by atoms with Gasteiger partial charge >= 0.3 is 0 Å². The van der Waals surface area contributed by atoms with Gasteiger partial charge in [-0.15, -0.1) is 24.0 Å². The van der Waals surface area contributed by atoms with Crippen LogP contribution in [0.3, 0.4) is 0 Å². The molecule has 28 heavy (non-hydrogen) atoms. The molecular formula is C21H37IN4O2. The first-order chi connectivity index (χ1) is 13.0. The van der Waals surface area contributed by atoms with Crippen LogP contribution in [0.4, 0.5) is 0 Å². The van der Waals surface area contributed by atoms with Crippen LogP contribution in [0.5, 0.6) is 5.75 Å². The van der Waals surface area contributed by atoms with Gasteiger partial charge in [-0.3, -0.25) is 9.79 Å². The van der Waals surface area contributed by atoms with Crippen LogP contribution in [0, 0.1) is 0 Å². The van der Waals surface area contributed by atoms with Crippen molar-refractivity contribution in [3.05, 3.63) is 29.8 Å². The Morgan fingerprint density at radius 3 is 2.50 bits per heavy atom. The number of nitrogens with two attached hydrogens (primary N) is 1. The molecule has 1 aromatic rings. The summed E-state index contributed by atoms with van der Waals surface area (Å²) < 4.78 is 5.27. The molecule has 1 amide bonds. The second kappa shape index (κ2) is 16.4. The van der Waals surface area contributed by atoms with E-state index in [1.807, 2.05) is 24.3 Å². The van der Waals surface area contributed by atoms with E-state index in [0.29, 0.717) is 18.3 Å². The van der Waals surface area contributed by atoms with Crippen LogP contribution in [0.2, 0.25) is 0 Å². The second-order valence-corrected chi connectivity index (χ2v) is 6.80. The third-order valence-electron chi connectivity index (χ3n) is 4.19. The van der Waals surface area contributed by atoms with Crippen molar-refractivity contribution in [2.24, 2.45) is 10.7 Å². The number of carbonyl (C=O) groups excluding carboxylic acids is 1. The highest BCUT2D eigenvalue weighted by Gasteiger charge is 2.05. The van der Waals surface area contributed by atoms with E-state index in [-0.39, 0.29) is 30.6 Å². The minimum absolute atomic E-state index is 0. The molecule has 1 unspecified atom stereocenters. The molecule has 0 aliphatic rings. The Bertz CT molecular complexity index is 564. The Morgan fingerprint density at radius 1 is 1.18 bits per heavy atom. The number of nitrogens with zero attached hydrogens (tertiary/aromatic N) is 1. The van der Waals surface area contributed by atoms with Crippen molar-refractivity contribution in [1.29, 1.82) is 0 Å². The monoisotopic (exact) mass is 504 g/mol. The number of aliphatic imine (C=N–C) groups is 1. The minimum atomic E-state index is -0.476. The standard InChI is InChI=1S/C21H36N4O2.HI/c1-4-6-7-8-9-17(3)25-21(23-5-2)24-15-14-18-10-12-19(13-11-18)27-16-20(22)26;/h10-13,17H,4-9,14-16H2,1-3H3,(H2,22,26)(H2,23,24,25);1H. The van der Waals surface area contributed by atoms with E-state index < -0.39 is 5.91 Å². The molecule has 0 heterocycles. The maximum atomic E-state index is 10.7. The van der Waals surface area contributed by atoms with Crippen LogP contribution in [0.15, 0.2) is 29.3 Å². The fourth-order valence-electron chi connectivity index (χ4n) is 2.71. The first kappa shape index (κ1) is 26.5. The highest BCUT2D eigenvalue weighted by molar-refractivity contribution is 14.0. The van der Waals surface area contributed by atoms with Gasteiger partial charge in [0.1, 0.15) is 5.75 Å². The zero-order valence-electron chi connectivity index (χ0n) is 17.5. The Balaban J connectivity index is 0.00000729. The molecule has 0 aromatic heterocycles. The summed E-state index contributed by atoms with van der Waals surface area (Å²) >= 11 is 0. The van der Waals surface area contributed by atoms with E-state index in [1.54, 1.807) is 0 Å². The van der Waals surface area contributed by atoms with E-state index in [1.165, 1.54) is 31.2 Å². The molecule has 0 saturated heterocycles. The zero-order chi connectivity index (χ0) is 19.9. The Kier molecular flexibility index (Phi) is 15.6. The largest absolute Gasteiger partial charge is 0.484 e. The number of carbonyl (C=O) groups is 1. The Morgan fingerprint density at radius 2 is 1.89 bits per heavy atom. The van der Waals surface area contributed by atoms with Gasteiger partial charge in [0.2, 0.25) is 0 Å². The van der Waals surface area contributed by atoms with Crippen LogP contribution >= 0.6 is 24.0 Å². The van der Waals surface area contributed by atoms with Crippen LogP contribution < -0.4 is 21.1 Å². The van der Waals surface area contributed by atoms with Gasteiger partial charge in [-0.25, -0.2) is 0 Å². The normalized spacial score (nSPS) is 12.0. The Hall–Kier alpha value is -1.51. The van der Waals surface area contributed by atoms with Crippen molar-refractivity contribution in [2.45, 2.75) is 65.3 Å². The van der Waals surface area contributed by atoms with Crippen molar-refractivity contribution in [3.63, 3.8) is 0 Å². The molecule has 0 aliphatic heterocycles. The number of nitrogens with one attached hydrogen (secondary N) is 2. The quantitative estimate of drug-likeness (QED) is 0.166. The summed E-state index contributed by atoms with van der Waals surface area (Å²) in [5, 5.41) is 6.81. The van der Waals surface area contributed by atoms with E-state index in [9.17, 15) is 4.79 Å². The number of rotatable bonds is 13. The average Bonchev–Trinajstić information content (AvgIpc) is 2.64. The summed E-state index contributed by atoms with van der Waals surface area (Å²) in [6, 6.07) is 8.10. The van der Waals surface area contributed by atoms with Crippen LogP contribution in [-0.4, -0.2) is 37.6 Å². The van der Waals surface area contributed by atoms with Gasteiger partial charge in [-0.2, -0.15) is 0 Å². The summed E-state index contributed by atoms with van der Waals surface area (Å²) in [4.78, 5) is 15.4. The van der Waals surface area contributed by atoms with Crippen LogP contribution in [-0.2, 0) is 11.2 Å². The van der Waals surface area contributed by atoms with Gasteiger partial charge in [0.15, 0.2) is 12.6 Å². The number of benzene rings is 1. The smallest absolute Gasteiger partial charge is 0.255 e. The topological polar surface area (TPSA) is 88.7 Å². The molecule has 0 aliphatic carbocycles. The fraction of sp³-hybridized carbons (Fsp3) is 0.619. The molecule has 0 spiro atoms. The maximum Gasteiger partial charge on any atom is 0.255 e. The molecule has 6 nitrogen and oxygen atoms in total. The number of guanidine groups is 1. The van der Waals surface area contributed by atoms with E-state index >= 15 is 0 Å². The lowest BCUT2D eigenvalue weighted by Crippen LogP contribution is -2.42. The molecule has 7 heteroatoms. The molecule has 0 bridgehead atoms. The molecule has 1 atom stereocenters. The third kappa shape index (κ3) is 12.8. The fourth-order valence-corrected chi connectivity index (χ4v) is 2.71. The van der Waals surface area contributed by atoms with Gasteiger partial charge in [0, 0.05) is 19.1 Å². The van der Waals surface area contributed by atoms with E-state index in [0.717, 1.165) is 25.3 Å². The predicted octanol–water partition coefficient (Wildman–Crippen LogP) is 3.63. The number of amides is 1. The van der Waals surface area contributed by atoms with Crippen molar-refractivity contribution < 1.29 is 9.53 Å².